The second kappa shape index (κ2) is 93.8. The fourth-order valence-corrected chi connectivity index (χ4v) is 210. The lowest BCUT2D eigenvalue weighted by Gasteiger charge is -2.50. The van der Waals surface area contributed by atoms with Crippen LogP contribution < -0.4 is 0 Å². The van der Waals surface area contributed by atoms with Crippen molar-refractivity contribution in [2.45, 2.75) is 84.7 Å². The van der Waals surface area contributed by atoms with Gasteiger partial charge >= 0.3 is 12.3 Å². The van der Waals surface area contributed by atoms with Crippen LogP contribution in [0.5, 0.6) is 0 Å². The average molecular weight is 3100 g/mol. The molecule has 2 fully saturated rings. The first-order valence-electron chi connectivity index (χ1n) is 28.1. The Morgan fingerprint density at radius 1 is 0.339 bits per heavy atom. The summed E-state index contributed by atoms with van der Waals surface area (Å²) in [5.41, 5.74) is 0.383. The minimum Gasteiger partial charge on any atom is -0.444 e. The van der Waals surface area contributed by atoms with Crippen molar-refractivity contribution in [2.24, 2.45) is 11.3 Å². The van der Waals surface area contributed by atoms with Crippen LogP contribution in [0, 0.1) is 11.3 Å². The van der Waals surface area contributed by atoms with E-state index in [1.54, 1.807) is 124 Å². The second-order valence-electron chi connectivity index (χ2n) is 19.2. The summed E-state index contributed by atoms with van der Waals surface area (Å²) < 4.78 is 45.4. The molecule has 0 N–H and O–H groups in total. The van der Waals surface area contributed by atoms with E-state index in [2.05, 4.69) is 25.7 Å². The predicted molar refractivity (Wildman–Crippen MR) is 736 cm³/mol. The third kappa shape index (κ3) is 79.9. The summed E-state index contributed by atoms with van der Waals surface area (Å²) in [7, 11) is 137. The summed E-state index contributed by atoms with van der Waals surface area (Å²) >= 11 is 9.65. The molecule has 1 unspecified atom stereocenters. The summed E-state index contributed by atoms with van der Waals surface area (Å²) in [6, 6.07) is 15.0. The zero-order chi connectivity index (χ0) is 87.3. The molecule has 0 radical (unpaired) electrons. The normalized spacial score (nSPS) is 12.2. The Hall–Kier alpha value is 14.1. The molecule has 0 bridgehead atoms. The van der Waals surface area contributed by atoms with E-state index in [9.17, 15) is 22.8 Å². The average Bonchev–Trinajstić information content (AvgIpc) is 0.777. The number of nitrogens with zero attached hydrogens (tertiary/aromatic N) is 3. The minimum atomic E-state index is -4.39. The highest BCUT2D eigenvalue weighted by Gasteiger charge is 2.41. The summed E-state index contributed by atoms with van der Waals surface area (Å²) in [6.07, 6.45) is -2.74. The summed E-state index contributed by atoms with van der Waals surface area (Å²) in [5, 5.41) is 0. The summed E-state index contributed by atoms with van der Waals surface area (Å²) in [6.45, 7) is 14.9. The van der Waals surface area contributed by atoms with E-state index in [0.717, 1.165) is 36.1 Å². The largest absolute Gasteiger partial charge is 0.444 e. The Morgan fingerprint density at radius 3 is 0.785 bits per heavy atom. The molecular formula is C34H46F3N3O3S78. The van der Waals surface area contributed by atoms with Gasteiger partial charge in [-0.2, -0.15) is 13.2 Å². The number of halogens is 3. The van der Waals surface area contributed by atoms with Gasteiger partial charge in [0.1, 0.15) is 5.60 Å². The van der Waals surface area contributed by atoms with Gasteiger partial charge in [0.2, 0.25) is 5.91 Å². The maximum atomic E-state index is 13.8. The van der Waals surface area contributed by atoms with Crippen LogP contribution in [0.15, 0.2) is 54.6 Å². The van der Waals surface area contributed by atoms with E-state index in [-0.39, 0.29) is 35.4 Å². The topological polar surface area (TPSA) is 53.1 Å². The Bertz CT molecular complexity index is 7580. The van der Waals surface area contributed by atoms with Crippen LogP contribution >= 0.6 is 0 Å². The molecule has 2 aromatic rings. The van der Waals surface area contributed by atoms with Crippen LogP contribution in [0.1, 0.15) is 83.5 Å². The number of hydrogen-bond acceptors (Lipinski definition) is 6. The molecule has 0 spiro atoms. The van der Waals surface area contributed by atoms with Gasteiger partial charge in [-0.25, -0.2) is 4.79 Å². The third-order valence-electron chi connectivity index (χ3n) is 10.6. The minimum absolute atomic E-state index is 0.0729. The van der Waals surface area contributed by atoms with Gasteiger partial charge in [0.05, 0.1) is 11.6 Å². The van der Waals surface area contributed by atoms with Crippen LogP contribution in [-0.2, 0) is 713 Å². The molecule has 2 heterocycles. The monoisotopic (exact) mass is 3100 g/mol. The molecule has 0 saturated carbocycles. The number of alkyl halides is 3. The van der Waals surface area contributed by atoms with E-state index in [1.807, 2.05) is 607 Å². The van der Waals surface area contributed by atoms with E-state index < -0.39 is 17.3 Å². The molecule has 4 rings (SSSR count). The van der Waals surface area contributed by atoms with Gasteiger partial charge in [0.25, 0.3) is 0 Å². The molecular weight excluding hydrogens is 3060 g/mol. The molecule has 2 saturated heterocycles. The molecule has 704 valence electrons. The van der Waals surface area contributed by atoms with Crippen LogP contribution in [-0.4, -0.2) is 71.1 Å². The van der Waals surface area contributed by atoms with E-state index in [0.29, 0.717) is 39.1 Å². The number of piperidine rings is 1. The number of piperazine rings is 1. The zero-order valence-corrected chi connectivity index (χ0v) is 122. The fourth-order valence-electron chi connectivity index (χ4n) is 7.03. The van der Waals surface area contributed by atoms with E-state index in [1.165, 1.54) is 17.8 Å². The Balaban J connectivity index is 0.000000732. The van der Waals surface area contributed by atoms with E-state index in [4.69, 9.17) is 27.1 Å². The van der Waals surface area contributed by atoms with E-state index >= 15 is 0 Å². The Morgan fingerprint density at radius 2 is 0.570 bits per heavy atom. The number of carbonyl (C=O) groups excluding carboxylic acids is 2. The SMILES string of the molecule is CC(C)(C)OC(=O)N1CCC(CC(=O)N2CCN(C(c3ccccc3)c3ccc(C(F)(F)F)cc3)C[C@@H]2C(C)(C)C)CC1.S=S=S=S=S=S=S=S=S=S=S=S=S=S=S=S=S=S=S=S=S=S=S=S=S=S=S=S=S=S=S=S=S=S=S=S=S=S=S=S=S=S=S=S=S=S=S=S=S=S=S=S=S=S=S=S=S=S=S=S=S=S=S=S=S=S=S=S=S=S=S=S=S=S=S=S=S=S. The van der Waals surface area contributed by atoms with Crippen molar-refractivity contribution in [1.29, 1.82) is 0 Å². The molecule has 2 aliphatic heterocycles. The van der Waals surface area contributed by atoms with Gasteiger partial charge < -0.3 is 14.5 Å². The lowest BCUT2D eigenvalue weighted by Crippen LogP contribution is -2.60. The highest BCUT2D eigenvalue weighted by atomic mass is 33.6. The van der Waals surface area contributed by atoms with Crippen molar-refractivity contribution in [3.63, 3.8) is 0 Å². The maximum absolute atomic E-state index is 13.8. The first-order chi connectivity index (χ1) is 58.9. The van der Waals surface area contributed by atoms with Gasteiger partial charge in [-0.15, -0.1) is 0 Å². The predicted octanol–water partition coefficient (Wildman–Crippen LogP) is 7.20. The van der Waals surface area contributed by atoms with Gasteiger partial charge in [0.15, 0.2) is 0 Å². The van der Waals surface area contributed by atoms with Gasteiger partial charge in [-0.05, 0) is 68.2 Å². The lowest BCUT2D eigenvalue weighted by molar-refractivity contribution is -0.141. The van der Waals surface area contributed by atoms with Crippen molar-refractivity contribution in [3.8, 4) is 0 Å². The first-order valence-corrected chi connectivity index (χ1v) is 131. The second-order valence-corrected chi connectivity index (χ2v) is 154. The highest BCUT2D eigenvalue weighted by molar-refractivity contribution is 8.85. The first kappa shape index (κ1) is 129. The number of benzene rings is 2. The molecule has 2 amide bonds. The van der Waals surface area contributed by atoms with Gasteiger partial charge in [0, 0.05) is 742 Å². The van der Waals surface area contributed by atoms with Crippen LogP contribution in [0.2, 0.25) is 0 Å². The van der Waals surface area contributed by atoms with Crippen LogP contribution in [0.3, 0.4) is 0 Å². The number of likely N-dealkylation sites (tertiary alicyclic amines) is 1. The van der Waals surface area contributed by atoms with Crippen molar-refractivity contribution in [3.05, 3.63) is 71.3 Å². The van der Waals surface area contributed by atoms with Gasteiger partial charge in [-0.1, -0.05) is 63.2 Å². The Labute approximate surface area is 927 Å². The summed E-state index contributed by atoms with van der Waals surface area (Å²) in [5.74, 6) is 0.329. The quantitative estimate of drug-likeness (QED) is 0.316. The number of hydrogen-bond donors (Lipinski definition) is 0. The van der Waals surface area contributed by atoms with Crippen LogP contribution in [0.4, 0.5) is 18.0 Å². The molecule has 2 aliphatic rings. The molecule has 121 heavy (non-hydrogen) atoms. The standard InChI is InChI=1S/C34H46F3N3O3.S78/c1-32(2,3)28-23-39(30(25-10-8-7-9-11-25)26-12-14-27(15-13-26)34(35,36)37)20-21-40(28)29(41)22-24-16-18-38(19-17-24)31(42)43-33(4,5)6;1-3-5-7-9-11-13-15-17-19-21-23-25-27-29-31-33-35-37-39-41-43-45-47-49-51-53-55-57-59-61-63-65-67-69-71-73-75-77-78-76-74-72-70-68-66-64-62-60-58-56-54-52-50-48-46-44-42-40-38-36-34-32-30-28-26-24-22-20-18-16-14-12-10-8-6-4-2/h7-15,24,28,30H,16-23H2,1-6H3;/t28-,30?;/m1./s1. The van der Waals surface area contributed by atoms with Crippen LogP contribution in [0.25, 0.3) is 0 Å². The molecule has 2 atom stereocenters. The molecule has 6 nitrogen and oxygen atoms in total. The number of carbonyl (C=O) groups is 2. The highest BCUT2D eigenvalue weighted by Crippen LogP contribution is 2.37. The smallest absolute Gasteiger partial charge is 0.416 e. The van der Waals surface area contributed by atoms with Crippen molar-refractivity contribution in [1.82, 2.24) is 14.7 Å². The number of rotatable bonds is 5. The molecule has 0 aromatic heterocycles. The lowest BCUT2D eigenvalue weighted by atomic mass is 9.82. The fraction of sp³-hybridized carbons (Fsp3) is 0.588. The number of amides is 2. The molecule has 87 heteroatoms. The van der Waals surface area contributed by atoms with Gasteiger partial charge in [-0.3, -0.25) is 9.69 Å². The number of ether oxygens (including phenoxy) is 1. The Kier molecular flexibility index (Phi) is 100. The molecule has 0 aliphatic carbocycles. The third-order valence-corrected chi connectivity index (χ3v) is 177. The van der Waals surface area contributed by atoms with Crippen molar-refractivity contribution in [2.75, 3.05) is 32.7 Å². The zero-order valence-electron chi connectivity index (χ0n) is 58.1. The van der Waals surface area contributed by atoms with Crippen molar-refractivity contribution >= 4 is 709 Å². The molecule has 2 aromatic carbocycles. The maximum Gasteiger partial charge on any atom is 0.416 e. The van der Waals surface area contributed by atoms with Crippen molar-refractivity contribution < 1.29 is 27.5 Å². The summed E-state index contributed by atoms with van der Waals surface area (Å²) in [4.78, 5) is 32.3.